The second-order valence-electron chi connectivity index (χ2n) is 3.81. The summed E-state index contributed by atoms with van der Waals surface area (Å²) in [5.74, 6) is 6.03. The maximum Gasteiger partial charge on any atom is 0.354 e. The fraction of sp³-hybridized carbons (Fsp3) is 0.636. The zero-order valence-electron chi connectivity index (χ0n) is 9.99. The standard InChI is InChI=1S/C11H20N4S.ClH/c1-2-8-16-11(13-9-14-12)15-10-6-4-3-5-7-10;/h2,9-10H,1,3-8,12H2,(H,13,14,15);1H. The van der Waals surface area contributed by atoms with Crippen molar-refractivity contribution in [2.45, 2.75) is 38.1 Å². The molecule has 0 aromatic carbocycles. The topological polar surface area (TPSA) is 64.4 Å². The lowest BCUT2D eigenvalue weighted by Crippen LogP contribution is -3.00. The molecule has 0 unspecified atom stereocenters. The average Bonchev–Trinajstić information content (AvgIpc) is 2.34. The van der Waals surface area contributed by atoms with Crippen molar-refractivity contribution in [3.05, 3.63) is 12.7 Å². The van der Waals surface area contributed by atoms with Crippen molar-refractivity contribution < 1.29 is 17.4 Å². The number of nitrogens with zero attached hydrogens (tertiary/aromatic N) is 1. The van der Waals surface area contributed by atoms with Crippen molar-refractivity contribution in [3.63, 3.8) is 0 Å². The van der Waals surface area contributed by atoms with E-state index in [0.717, 1.165) is 10.9 Å². The van der Waals surface area contributed by atoms with Gasteiger partial charge in [-0.05, 0) is 42.4 Å². The lowest BCUT2D eigenvalue weighted by atomic mass is 9.96. The van der Waals surface area contributed by atoms with Crippen LogP contribution in [0.3, 0.4) is 0 Å². The molecule has 1 aliphatic carbocycles. The maximum absolute atomic E-state index is 5.17. The number of thioether (sulfide) groups is 1. The molecular formula is C11H21ClN4S. The summed E-state index contributed by atoms with van der Waals surface area (Å²) in [4.78, 5) is 7.70. The number of nitrogens with two attached hydrogens (primary N) is 1. The molecule has 0 aromatic rings. The lowest BCUT2D eigenvalue weighted by molar-refractivity contribution is -0.505. The Morgan fingerprint density at radius 2 is 2.18 bits per heavy atom. The Morgan fingerprint density at radius 1 is 1.47 bits per heavy atom. The van der Waals surface area contributed by atoms with Gasteiger partial charge in [0, 0.05) is 5.75 Å². The number of aliphatic imine (C=N–C) groups is 1. The first-order valence-electron chi connectivity index (χ1n) is 5.72. The molecule has 0 radical (unpaired) electrons. The Bertz CT molecular complexity index is 262. The summed E-state index contributed by atoms with van der Waals surface area (Å²) in [6.45, 7) is 3.71. The van der Waals surface area contributed by atoms with E-state index in [1.54, 1.807) is 11.8 Å². The zero-order valence-corrected chi connectivity index (χ0v) is 11.6. The summed E-state index contributed by atoms with van der Waals surface area (Å²) in [5.41, 5.74) is 2.42. The van der Waals surface area contributed by atoms with Gasteiger partial charge in [0.05, 0.1) is 6.04 Å². The molecule has 0 bridgehead atoms. The molecule has 98 valence electrons. The number of rotatable bonds is 4. The van der Waals surface area contributed by atoms with E-state index in [0.29, 0.717) is 6.04 Å². The summed E-state index contributed by atoms with van der Waals surface area (Å²) >= 11 is 1.65. The molecule has 4 N–H and O–H groups in total. The summed E-state index contributed by atoms with van der Waals surface area (Å²) in [5, 5.41) is 0.921. The van der Waals surface area contributed by atoms with E-state index in [9.17, 15) is 0 Å². The molecule has 1 rings (SSSR count). The Hall–Kier alpha value is -0.520. The van der Waals surface area contributed by atoms with Gasteiger partial charge in [-0.1, -0.05) is 12.5 Å². The van der Waals surface area contributed by atoms with Gasteiger partial charge in [-0.2, -0.15) is 0 Å². The van der Waals surface area contributed by atoms with Gasteiger partial charge in [-0.25, -0.2) is 5.84 Å². The first-order valence-corrected chi connectivity index (χ1v) is 6.71. The van der Waals surface area contributed by atoms with E-state index in [1.165, 1.54) is 38.4 Å². The van der Waals surface area contributed by atoms with Gasteiger partial charge in [-0.3, -0.25) is 10.4 Å². The quantitative estimate of drug-likeness (QED) is 0.171. The molecular weight excluding hydrogens is 256 g/mol. The molecule has 0 amide bonds. The van der Waals surface area contributed by atoms with Crippen LogP contribution in [0.2, 0.25) is 0 Å². The summed E-state index contributed by atoms with van der Waals surface area (Å²) < 4.78 is 0. The Kier molecular flexibility index (Phi) is 10.3. The van der Waals surface area contributed by atoms with Crippen molar-refractivity contribution in [2.24, 2.45) is 10.8 Å². The van der Waals surface area contributed by atoms with Gasteiger partial charge in [0.2, 0.25) is 6.34 Å². The number of amidine groups is 1. The van der Waals surface area contributed by atoms with Crippen molar-refractivity contribution >= 4 is 23.3 Å². The van der Waals surface area contributed by atoms with Crippen LogP contribution in [0.25, 0.3) is 0 Å². The van der Waals surface area contributed by atoms with Crippen LogP contribution >= 0.6 is 11.8 Å². The van der Waals surface area contributed by atoms with Crippen LogP contribution in [0.4, 0.5) is 0 Å². The molecule has 0 saturated heterocycles. The molecule has 0 heterocycles. The van der Waals surface area contributed by atoms with Crippen molar-refractivity contribution in [1.82, 2.24) is 5.43 Å². The van der Waals surface area contributed by atoms with E-state index in [-0.39, 0.29) is 12.4 Å². The molecule has 0 atom stereocenters. The Balaban J connectivity index is 0.00000256. The van der Waals surface area contributed by atoms with Gasteiger partial charge in [0.25, 0.3) is 0 Å². The van der Waals surface area contributed by atoms with Gasteiger partial charge in [0.1, 0.15) is 0 Å². The molecule has 1 saturated carbocycles. The first kappa shape index (κ1) is 16.5. The third-order valence-corrected chi connectivity index (χ3v) is 3.43. The largest absolute Gasteiger partial charge is 1.00 e. The van der Waals surface area contributed by atoms with E-state index in [2.05, 4.69) is 22.0 Å². The molecule has 0 aliphatic heterocycles. The summed E-state index contributed by atoms with van der Waals surface area (Å²) in [6.07, 6.45) is 9.85. The van der Waals surface area contributed by atoms with Gasteiger partial charge in [0.15, 0.2) is 0 Å². The Morgan fingerprint density at radius 3 is 2.76 bits per heavy atom. The monoisotopic (exact) mass is 276 g/mol. The van der Waals surface area contributed by atoms with E-state index >= 15 is 0 Å². The molecule has 1 fully saturated rings. The molecule has 6 heteroatoms. The van der Waals surface area contributed by atoms with Crippen molar-refractivity contribution in [3.8, 4) is 0 Å². The highest BCUT2D eigenvalue weighted by Gasteiger charge is 2.16. The average molecular weight is 277 g/mol. The van der Waals surface area contributed by atoms with Gasteiger partial charge in [-0.15, -0.1) is 6.58 Å². The number of halogens is 1. The summed E-state index contributed by atoms with van der Waals surface area (Å²) in [7, 11) is 0. The van der Waals surface area contributed by atoms with Crippen LogP contribution in [0.15, 0.2) is 17.6 Å². The number of hydrogen-bond acceptors (Lipinski definition) is 2. The van der Waals surface area contributed by atoms with Crippen LogP contribution in [0.5, 0.6) is 0 Å². The van der Waals surface area contributed by atoms with Crippen molar-refractivity contribution in [2.75, 3.05) is 5.75 Å². The summed E-state index contributed by atoms with van der Waals surface area (Å²) in [6, 6.07) is 0.566. The molecule has 0 spiro atoms. The van der Waals surface area contributed by atoms with Crippen LogP contribution in [0, 0.1) is 0 Å². The second kappa shape index (κ2) is 10.6. The molecule has 4 nitrogen and oxygen atoms in total. The third kappa shape index (κ3) is 7.41. The number of hydrogen-bond donors (Lipinski definition) is 3. The maximum atomic E-state index is 5.17. The lowest BCUT2D eigenvalue weighted by Gasteiger charge is -2.15. The van der Waals surface area contributed by atoms with Crippen LogP contribution in [-0.4, -0.2) is 23.3 Å². The van der Waals surface area contributed by atoms with Gasteiger partial charge < -0.3 is 12.4 Å². The normalized spacial score (nSPS) is 17.8. The predicted molar refractivity (Wildman–Crippen MR) is 71.3 cm³/mol. The molecule has 0 aromatic heterocycles. The smallest absolute Gasteiger partial charge is 0.354 e. The predicted octanol–water partition coefficient (Wildman–Crippen LogP) is -2.83. The number of hydrazine groups is 1. The van der Waals surface area contributed by atoms with Crippen LogP contribution in [0.1, 0.15) is 32.1 Å². The van der Waals surface area contributed by atoms with Crippen LogP contribution < -0.4 is 28.7 Å². The Labute approximate surface area is 114 Å². The molecule has 1 aliphatic rings. The second-order valence-corrected chi connectivity index (χ2v) is 4.82. The highest BCUT2D eigenvalue weighted by molar-refractivity contribution is 8.13. The minimum absolute atomic E-state index is 0. The number of nitrogens with one attached hydrogen (secondary N) is 2. The third-order valence-electron chi connectivity index (χ3n) is 2.53. The SMILES string of the molecule is C=CCSC(/N=C/NN)=[NH+]C1CCCCC1.[Cl-]. The minimum Gasteiger partial charge on any atom is -1.00 e. The van der Waals surface area contributed by atoms with E-state index < -0.39 is 0 Å². The van der Waals surface area contributed by atoms with Gasteiger partial charge >= 0.3 is 5.17 Å². The zero-order chi connectivity index (χ0) is 11.6. The fourth-order valence-electron chi connectivity index (χ4n) is 1.77. The first-order chi connectivity index (χ1) is 7.86. The minimum atomic E-state index is 0. The highest BCUT2D eigenvalue weighted by atomic mass is 35.5. The van der Waals surface area contributed by atoms with Crippen molar-refractivity contribution in [1.29, 1.82) is 0 Å². The van der Waals surface area contributed by atoms with Crippen LogP contribution in [-0.2, 0) is 0 Å². The van der Waals surface area contributed by atoms with E-state index in [4.69, 9.17) is 5.84 Å². The fourth-order valence-corrected chi connectivity index (χ4v) is 2.42. The molecule has 17 heavy (non-hydrogen) atoms. The van der Waals surface area contributed by atoms with E-state index in [1.807, 2.05) is 6.08 Å². The highest BCUT2D eigenvalue weighted by Crippen LogP contribution is 2.14.